The van der Waals surface area contributed by atoms with Crippen molar-refractivity contribution in [3.8, 4) is 11.5 Å². The zero-order valence-corrected chi connectivity index (χ0v) is 10.3. The Kier molecular flexibility index (Phi) is 3.06. The Morgan fingerprint density at radius 3 is 2.38 bits per heavy atom. The molecule has 1 aromatic rings. The first-order chi connectivity index (χ1) is 7.67. The fourth-order valence-electron chi connectivity index (χ4n) is 2.23. The second kappa shape index (κ2) is 4.34. The van der Waals surface area contributed by atoms with Gasteiger partial charge in [-0.1, -0.05) is 6.92 Å². The molecule has 0 spiro atoms. The monoisotopic (exact) mass is 221 g/mol. The van der Waals surface area contributed by atoms with E-state index in [0.29, 0.717) is 12.0 Å². The van der Waals surface area contributed by atoms with Gasteiger partial charge in [0.2, 0.25) is 0 Å². The average molecular weight is 221 g/mol. The molecule has 1 aromatic carbocycles. The fraction of sp³-hybridized carbons (Fsp3) is 0.538. The van der Waals surface area contributed by atoms with Crippen LogP contribution in [0.5, 0.6) is 11.5 Å². The van der Waals surface area contributed by atoms with Gasteiger partial charge in [0.05, 0.1) is 14.2 Å². The number of benzene rings is 1. The number of ether oxygens (including phenoxy) is 2. The number of hydrogen-bond acceptors (Lipinski definition) is 3. The summed E-state index contributed by atoms with van der Waals surface area (Å²) in [5, 5.41) is 3.48. The van der Waals surface area contributed by atoms with Crippen LogP contribution >= 0.6 is 0 Å². The number of methoxy groups -OCH3 is 2. The highest BCUT2D eigenvalue weighted by atomic mass is 16.5. The molecule has 2 atom stereocenters. The van der Waals surface area contributed by atoms with E-state index in [1.807, 2.05) is 0 Å². The van der Waals surface area contributed by atoms with Crippen LogP contribution in [0, 0.1) is 0 Å². The Bertz CT molecular complexity index is 390. The van der Waals surface area contributed by atoms with Crippen molar-refractivity contribution >= 4 is 0 Å². The van der Waals surface area contributed by atoms with Crippen LogP contribution in [0.25, 0.3) is 0 Å². The van der Waals surface area contributed by atoms with Crippen molar-refractivity contribution in [3.05, 3.63) is 23.3 Å². The molecule has 16 heavy (non-hydrogen) atoms. The Labute approximate surface area is 96.8 Å². The molecule has 0 saturated heterocycles. The molecule has 0 aliphatic carbocycles. The molecule has 2 unspecified atom stereocenters. The normalized spacial score (nSPS) is 23.8. The van der Waals surface area contributed by atoms with E-state index < -0.39 is 0 Å². The third-order valence-electron chi connectivity index (χ3n) is 3.50. The van der Waals surface area contributed by atoms with Crippen LogP contribution in [0.2, 0.25) is 0 Å². The second-order valence-electron chi connectivity index (χ2n) is 4.36. The van der Waals surface area contributed by atoms with Gasteiger partial charge in [-0.25, -0.2) is 0 Å². The number of hydrogen-bond donors (Lipinski definition) is 1. The van der Waals surface area contributed by atoms with Gasteiger partial charge in [-0.15, -0.1) is 0 Å². The highest BCUT2D eigenvalue weighted by Crippen LogP contribution is 2.36. The molecule has 0 saturated carbocycles. The molecule has 88 valence electrons. The maximum atomic E-state index is 5.34. The van der Waals surface area contributed by atoms with Crippen LogP contribution in [-0.4, -0.2) is 20.3 Å². The summed E-state index contributed by atoms with van der Waals surface area (Å²) in [5.74, 6) is 2.13. The fourth-order valence-corrected chi connectivity index (χ4v) is 2.23. The average Bonchev–Trinajstić information content (AvgIpc) is 2.32. The van der Waals surface area contributed by atoms with Crippen molar-refractivity contribution < 1.29 is 9.47 Å². The third kappa shape index (κ3) is 1.76. The molecule has 0 fully saturated rings. The van der Waals surface area contributed by atoms with Crippen molar-refractivity contribution in [3.63, 3.8) is 0 Å². The number of fused-ring (bicyclic) bond motifs is 1. The molecule has 1 aliphatic heterocycles. The van der Waals surface area contributed by atoms with E-state index in [1.54, 1.807) is 14.2 Å². The third-order valence-corrected chi connectivity index (χ3v) is 3.50. The number of rotatable bonds is 2. The van der Waals surface area contributed by atoms with E-state index in [2.05, 4.69) is 31.3 Å². The lowest BCUT2D eigenvalue weighted by atomic mass is 9.86. The Morgan fingerprint density at radius 1 is 1.12 bits per heavy atom. The van der Waals surface area contributed by atoms with E-state index in [4.69, 9.17) is 9.47 Å². The quantitative estimate of drug-likeness (QED) is 0.831. The van der Waals surface area contributed by atoms with Crippen LogP contribution < -0.4 is 14.8 Å². The maximum Gasteiger partial charge on any atom is 0.161 e. The second-order valence-corrected chi connectivity index (χ2v) is 4.36. The molecule has 0 radical (unpaired) electrons. The molecular weight excluding hydrogens is 202 g/mol. The SMILES string of the molecule is COc1cc2c(cc1OC)C(C)C(C)NC2. The molecular formula is C13H19NO2. The van der Waals surface area contributed by atoms with Gasteiger partial charge in [-0.05, 0) is 36.1 Å². The minimum atomic E-state index is 0.503. The van der Waals surface area contributed by atoms with Crippen molar-refractivity contribution in [1.82, 2.24) is 5.32 Å². The Balaban J connectivity index is 2.48. The zero-order chi connectivity index (χ0) is 11.7. The number of nitrogens with one attached hydrogen (secondary N) is 1. The largest absolute Gasteiger partial charge is 0.493 e. The predicted molar refractivity (Wildman–Crippen MR) is 64.3 cm³/mol. The van der Waals surface area contributed by atoms with Gasteiger partial charge in [0, 0.05) is 12.6 Å². The van der Waals surface area contributed by atoms with E-state index in [9.17, 15) is 0 Å². The molecule has 1 heterocycles. The predicted octanol–water partition coefficient (Wildman–Crippen LogP) is 2.30. The van der Waals surface area contributed by atoms with Gasteiger partial charge in [0.1, 0.15) is 0 Å². The summed E-state index contributed by atoms with van der Waals surface area (Å²) in [6.07, 6.45) is 0. The first-order valence-corrected chi connectivity index (χ1v) is 5.65. The van der Waals surface area contributed by atoms with Gasteiger partial charge >= 0.3 is 0 Å². The summed E-state index contributed by atoms with van der Waals surface area (Å²) in [6.45, 7) is 5.35. The van der Waals surface area contributed by atoms with Gasteiger partial charge in [-0.3, -0.25) is 0 Å². The van der Waals surface area contributed by atoms with E-state index in [1.165, 1.54) is 11.1 Å². The molecule has 3 heteroatoms. The van der Waals surface area contributed by atoms with Crippen LogP contribution in [0.1, 0.15) is 30.9 Å². The first kappa shape index (κ1) is 11.3. The molecule has 0 aromatic heterocycles. The molecule has 2 rings (SSSR count). The van der Waals surface area contributed by atoms with Crippen LogP contribution in [0.4, 0.5) is 0 Å². The van der Waals surface area contributed by atoms with Crippen LogP contribution in [-0.2, 0) is 6.54 Å². The molecule has 0 amide bonds. The summed E-state index contributed by atoms with van der Waals surface area (Å²) in [5.41, 5.74) is 2.67. The first-order valence-electron chi connectivity index (χ1n) is 5.65. The Hall–Kier alpha value is -1.22. The van der Waals surface area contributed by atoms with E-state index in [0.717, 1.165) is 18.0 Å². The molecule has 3 nitrogen and oxygen atoms in total. The van der Waals surface area contributed by atoms with Gasteiger partial charge in [-0.2, -0.15) is 0 Å². The molecule has 0 bridgehead atoms. The lowest BCUT2D eigenvalue weighted by Gasteiger charge is -2.30. The summed E-state index contributed by atoms with van der Waals surface area (Å²) < 4.78 is 10.7. The minimum Gasteiger partial charge on any atom is -0.493 e. The lowest BCUT2D eigenvalue weighted by molar-refractivity contribution is 0.351. The van der Waals surface area contributed by atoms with E-state index in [-0.39, 0.29) is 0 Å². The topological polar surface area (TPSA) is 30.5 Å². The van der Waals surface area contributed by atoms with Gasteiger partial charge in [0.15, 0.2) is 11.5 Å². The van der Waals surface area contributed by atoms with Gasteiger partial charge < -0.3 is 14.8 Å². The lowest BCUT2D eigenvalue weighted by Crippen LogP contribution is -2.35. The zero-order valence-electron chi connectivity index (χ0n) is 10.3. The Morgan fingerprint density at radius 2 is 1.75 bits per heavy atom. The van der Waals surface area contributed by atoms with Crippen LogP contribution in [0.15, 0.2) is 12.1 Å². The molecule has 1 N–H and O–H groups in total. The summed E-state index contributed by atoms with van der Waals surface area (Å²) in [6, 6.07) is 4.69. The molecule has 1 aliphatic rings. The highest BCUT2D eigenvalue weighted by molar-refractivity contribution is 5.49. The van der Waals surface area contributed by atoms with Gasteiger partial charge in [0.25, 0.3) is 0 Å². The smallest absolute Gasteiger partial charge is 0.161 e. The summed E-state index contributed by atoms with van der Waals surface area (Å²) in [7, 11) is 3.35. The van der Waals surface area contributed by atoms with Crippen molar-refractivity contribution in [2.45, 2.75) is 32.4 Å². The minimum absolute atomic E-state index is 0.503. The van der Waals surface area contributed by atoms with E-state index >= 15 is 0 Å². The summed E-state index contributed by atoms with van der Waals surface area (Å²) >= 11 is 0. The van der Waals surface area contributed by atoms with Crippen LogP contribution in [0.3, 0.4) is 0 Å². The maximum absolute atomic E-state index is 5.34. The van der Waals surface area contributed by atoms with Crippen molar-refractivity contribution in [1.29, 1.82) is 0 Å². The van der Waals surface area contributed by atoms with Crippen molar-refractivity contribution in [2.24, 2.45) is 0 Å². The highest BCUT2D eigenvalue weighted by Gasteiger charge is 2.24. The summed E-state index contributed by atoms with van der Waals surface area (Å²) in [4.78, 5) is 0. The standard InChI is InChI=1S/C13H19NO2/c1-8-9(2)14-7-10-5-12(15-3)13(16-4)6-11(8)10/h5-6,8-9,14H,7H2,1-4H3. The van der Waals surface area contributed by atoms with Crippen molar-refractivity contribution in [2.75, 3.05) is 14.2 Å².